The molecule has 0 spiro atoms. The summed E-state index contributed by atoms with van der Waals surface area (Å²) in [5.74, 6) is -3.73. The number of hydrogen-bond donors (Lipinski definition) is 0. The van der Waals surface area contributed by atoms with E-state index >= 15 is 0 Å². The maximum absolute atomic E-state index is 8.19. The molecule has 2 heterocycles. The second-order valence-corrected chi connectivity index (χ2v) is 3.37. The van der Waals surface area contributed by atoms with Crippen LogP contribution in [-0.2, 0) is 0 Å². The molecular formula is C11H15BrN2. The lowest BCUT2D eigenvalue weighted by molar-refractivity contribution is 0.438. The van der Waals surface area contributed by atoms with Crippen molar-refractivity contribution in [3.8, 4) is 0 Å². The summed E-state index contributed by atoms with van der Waals surface area (Å²) in [6.45, 7) is -10.4. The molecule has 0 aliphatic carbocycles. The molecule has 76 valence electrons. The van der Waals surface area contributed by atoms with Crippen LogP contribution in [0.5, 0.6) is 0 Å². The Kier molecular flexibility index (Phi) is 0.913. The van der Waals surface area contributed by atoms with Gasteiger partial charge in [-0.25, -0.2) is 0 Å². The normalized spacial score (nSPS) is 48.8. The highest BCUT2D eigenvalue weighted by molar-refractivity contribution is 9.10. The summed E-state index contributed by atoms with van der Waals surface area (Å²) in [6, 6.07) is 1.14. The fraction of sp³-hybridized carbons (Fsp3) is 0.545. The highest BCUT2D eigenvalue weighted by atomic mass is 79.9. The first kappa shape index (κ1) is 2.97. The van der Waals surface area contributed by atoms with E-state index in [0.717, 1.165) is 6.07 Å². The van der Waals surface area contributed by atoms with Gasteiger partial charge in [0.1, 0.15) is 0 Å². The molecule has 0 aromatic carbocycles. The smallest absolute Gasteiger partial charge is 0.0592 e. The van der Waals surface area contributed by atoms with Crippen LogP contribution >= 0.6 is 15.9 Å². The molecule has 3 heteroatoms. The first-order valence-corrected chi connectivity index (χ1v) is 4.58. The zero-order valence-corrected chi connectivity index (χ0v) is 8.59. The van der Waals surface area contributed by atoms with Gasteiger partial charge >= 0.3 is 0 Å². The van der Waals surface area contributed by atoms with E-state index < -0.39 is 38.5 Å². The number of pyridine rings is 1. The number of hydrogen-bond acceptors (Lipinski definition) is 2. The predicted molar refractivity (Wildman–Crippen MR) is 62.5 cm³/mol. The summed E-state index contributed by atoms with van der Waals surface area (Å²) < 4.78 is 95.8. The van der Waals surface area contributed by atoms with Crippen molar-refractivity contribution in [3.05, 3.63) is 22.9 Å². The molecule has 0 unspecified atom stereocenters. The van der Waals surface area contributed by atoms with Gasteiger partial charge in [-0.3, -0.25) is 4.98 Å². The number of piperidine rings is 1. The molecule has 1 aromatic rings. The molecule has 0 radical (unpaired) electrons. The lowest BCUT2D eigenvalue weighted by Gasteiger charge is -2.32. The van der Waals surface area contributed by atoms with Gasteiger partial charge in [0.05, 0.1) is 10.2 Å². The minimum absolute atomic E-state index is 0.0470. The maximum atomic E-state index is 8.19. The quantitative estimate of drug-likeness (QED) is 0.777. The van der Waals surface area contributed by atoms with Crippen molar-refractivity contribution >= 4 is 21.6 Å². The van der Waals surface area contributed by atoms with E-state index in [0.29, 0.717) is 0 Å². The van der Waals surface area contributed by atoms with Crippen LogP contribution in [-0.4, -0.2) is 18.0 Å². The molecule has 0 N–H and O–H groups in total. The standard InChI is InChI=1S/C11H15BrN2/c1-9-3-6-14(7-4-9)11-2-5-13-8-10(11)12/h2,5,8-9H,3-4,6-7H2,1H3/i1D3,3D2,4D2,6D2,7D2,9D. The Morgan fingerprint density at radius 1 is 1.71 bits per heavy atom. The summed E-state index contributed by atoms with van der Waals surface area (Å²) in [4.78, 5) is 3.94. The van der Waals surface area contributed by atoms with Gasteiger partial charge in [-0.1, -0.05) is 6.85 Å². The van der Waals surface area contributed by atoms with Gasteiger partial charge < -0.3 is 4.90 Å². The number of halogens is 1. The predicted octanol–water partition coefficient (Wildman–Crippen LogP) is 3.08. The van der Waals surface area contributed by atoms with Crippen LogP contribution in [0, 0.1) is 5.89 Å². The van der Waals surface area contributed by atoms with Gasteiger partial charge in [-0.15, -0.1) is 0 Å². The molecule has 14 heavy (non-hydrogen) atoms. The molecule has 0 bridgehead atoms. The van der Waals surface area contributed by atoms with E-state index in [1.807, 2.05) is 0 Å². The van der Waals surface area contributed by atoms with E-state index in [1.54, 1.807) is 0 Å². The Balaban J connectivity index is 2.92. The fourth-order valence-corrected chi connectivity index (χ4v) is 1.38. The van der Waals surface area contributed by atoms with Crippen molar-refractivity contribution in [2.75, 3.05) is 17.9 Å². The van der Waals surface area contributed by atoms with Crippen molar-refractivity contribution < 1.29 is 16.4 Å². The second-order valence-electron chi connectivity index (χ2n) is 2.51. The third kappa shape index (κ3) is 2.08. The Morgan fingerprint density at radius 3 is 3.14 bits per heavy atom. The molecule has 0 saturated carbocycles. The highest BCUT2D eigenvalue weighted by Gasteiger charge is 2.17. The van der Waals surface area contributed by atoms with Gasteiger partial charge in [0.15, 0.2) is 0 Å². The van der Waals surface area contributed by atoms with Crippen LogP contribution in [0.15, 0.2) is 22.9 Å². The Labute approximate surface area is 110 Å². The average molecular weight is 267 g/mol. The largest absolute Gasteiger partial charge is 0.371 e. The van der Waals surface area contributed by atoms with Crippen LogP contribution < -0.4 is 4.90 Å². The van der Waals surface area contributed by atoms with Crippen molar-refractivity contribution in [2.45, 2.75) is 19.6 Å². The van der Waals surface area contributed by atoms with Gasteiger partial charge in [0.2, 0.25) is 0 Å². The van der Waals surface area contributed by atoms with Gasteiger partial charge in [0, 0.05) is 41.8 Å². The number of nitrogens with zero attached hydrogens (tertiary/aromatic N) is 2. The van der Waals surface area contributed by atoms with Gasteiger partial charge in [0.25, 0.3) is 0 Å². The number of anilines is 1. The third-order valence-corrected chi connectivity index (χ3v) is 2.19. The summed E-state index contributed by atoms with van der Waals surface area (Å²) >= 11 is 3.04. The van der Waals surface area contributed by atoms with E-state index in [4.69, 9.17) is 16.4 Å². The van der Waals surface area contributed by atoms with Crippen molar-refractivity contribution in [3.63, 3.8) is 0 Å². The molecular weight excluding hydrogens is 240 g/mol. The van der Waals surface area contributed by atoms with E-state index in [9.17, 15) is 0 Å². The second kappa shape index (κ2) is 4.30. The molecule has 2 nitrogen and oxygen atoms in total. The van der Waals surface area contributed by atoms with Crippen LogP contribution in [0.2, 0.25) is 0 Å². The number of rotatable bonds is 1. The molecule has 1 saturated heterocycles. The molecule has 0 atom stereocenters. The molecule has 1 aliphatic heterocycles. The van der Waals surface area contributed by atoms with Gasteiger partial charge in [-0.2, -0.15) is 0 Å². The average Bonchev–Trinajstić information content (AvgIpc) is 2.45. The molecule has 1 aliphatic rings. The van der Waals surface area contributed by atoms with E-state index in [-0.39, 0.29) is 15.1 Å². The molecule has 1 fully saturated rings. The first-order valence-electron chi connectivity index (χ1n) is 9.79. The Hall–Kier alpha value is -0.570. The zero-order valence-electron chi connectivity index (χ0n) is 19.0. The van der Waals surface area contributed by atoms with Crippen molar-refractivity contribution in [1.29, 1.82) is 0 Å². The Morgan fingerprint density at radius 2 is 2.50 bits per heavy atom. The van der Waals surface area contributed by atoms with Crippen LogP contribution in [0.1, 0.15) is 36.0 Å². The van der Waals surface area contributed by atoms with Crippen molar-refractivity contribution in [2.24, 2.45) is 5.89 Å². The van der Waals surface area contributed by atoms with Gasteiger partial charge in [-0.05, 0) is 40.6 Å². The summed E-state index contributed by atoms with van der Waals surface area (Å²) in [6.07, 6.45) is -4.89. The third-order valence-electron chi connectivity index (χ3n) is 1.58. The van der Waals surface area contributed by atoms with Crippen LogP contribution in [0.3, 0.4) is 0 Å². The molecule has 2 rings (SSSR count). The number of aromatic nitrogens is 1. The van der Waals surface area contributed by atoms with Crippen LogP contribution in [0.25, 0.3) is 0 Å². The lowest BCUT2D eigenvalue weighted by Crippen LogP contribution is -2.32. The van der Waals surface area contributed by atoms with Crippen LogP contribution in [0.4, 0.5) is 5.69 Å². The lowest BCUT2D eigenvalue weighted by atomic mass is 9.99. The topological polar surface area (TPSA) is 16.1 Å². The fourth-order valence-electron chi connectivity index (χ4n) is 0.952. The molecule has 0 amide bonds. The van der Waals surface area contributed by atoms with Crippen molar-refractivity contribution in [1.82, 2.24) is 4.98 Å². The summed E-state index contributed by atoms with van der Waals surface area (Å²) in [7, 11) is 0. The SMILES string of the molecule is [2H]C([2H])([2H])C1([2H])C([2H])([2H])C([2H])([2H])N(c2ccncc2Br)C([2H])([2H])C1([2H])[2H]. The Bertz CT molecular complexity index is 687. The maximum Gasteiger partial charge on any atom is 0.0592 e. The molecule has 1 aromatic heterocycles. The zero-order chi connectivity index (χ0) is 20.6. The van der Waals surface area contributed by atoms with E-state index in [1.165, 1.54) is 12.4 Å². The minimum atomic E-state index is -3.73. The monoisotopic (exact) mass is 266 g/mol. The van der Waals surface area contributed by atoms with E-state index in [2.05, 4.69) is 20.9 Å². The summed E-state index contributed by atoms with van der Waals surface area (Å²) in [5, 5.41) is 0. The summed E-state index contributed by atoms with van der Waals surface area (Å²) in [5.41, 5.74) is -0.268. The first-order chi connectivity index (χ1) is 11.4. The highest BCUT2D eigenvalue weighted by Crippen LogP contribution is 2.28. The minimum Gasteiger partial charge on any atom is -0.371 e.